The molecular formula is C13H24N2O2S2. The molecule has 0 saturated heterocycles. The molecule has 0 saturated carbocycles. The largest absolute Gasteiger partial charge is 0.323 e. The number of hydrogen-bond acceptors (Lipinski definition) is 3. The summed E-state index contributed by atoms with van der Waals surface area (Å²) in [4.78, 5) is 1.75. The van der Waals surface area contributed by atoms with Crippen molar-refractivity contribution >= 4 is 21.4 Å². The van der Waals surface area contributed by atoms with Crippen LogP contribution in [0.25, 0.3) is 0 Å². The second-order valence-electron chi connectivity index (χ2n) is 5.84. The molecule has 0 bridgehead atoms. The molecule has 0 atom stereocenters. The van der Waals surface area contributed by atoms with Gasteiger partial charge in [0, 0.05) is 17.6 Å². The van der Waals surface area contributed by atoms with Crippen molar-refractivity contribution in [3.63, 3.8) is 0 Å². The molecule has 0 N–H and O–H groups in total. The predicted molar refractivity (Wildman–Crippen MR) is 81.0 cm³/mol. The van der Waals surface area contributed by atoms with Gasteiger partial charge >= 0.3 is 0 Å². The van der Waals surface area contributed by atoms with Crippen LogP contribution in [-0.2, 0) is 22.5 Å². The zero-order chi connectivity index (χ0) is 14.8. The lowest BCUT2D eigenvalue weighted by Gasteiger charge is -2.17. The first-order chi connectivity index (χ1) is 8.58. The molecule has 0 aliphatic heterocycles. The SMILES string of the molecule is CCCCS(=O)(=O)N=c1sc(C(C)(C)C)c(C)n1C. The molecule has 0 aliphatic carbocycles. The Morgan fingerprint density at radius 1 is 1.32 bits per heavy atom. The van der Waals surface area contributed by atoms with Gasteiger partial charge in [-0.15, -0.1) is 15.7 Å². The van der Waals surface area contributed by atoms with Crippen molar-refractivity contribution < 1.29 is 8.42 Å². The van der Waals surface area contributed by atoms with E-state index in [0.29, 0.717) is 11.2 Å². The van der Waals surface area contributed by atoms with Gasteiger partial charge in [0.15, 0.2) is 0 Å². The van der Waals surface area contributed by atoms with Gasteiger partial charge in [-0.1, -0.05) is 34.1 Å². The van der Waals surface area contributed by atoms with E-state index < -0.39 is 10.0 Å². The van der Waals surface area contributed by atoms with E-state index in [1.807, 2.05) is 25.5 Å². The van der Waals surface area contributed by atoms with E-state index in [0.717, 1.165) is 12.1 Å². The molecule has 0 aromatic carbocycles. The van der Waals surface area contributed by atoms with Crippen molar-refractivity contribution in [2.45, 2.75) is 52.9 Å². The van der Waals surface area contributed by atoms with Crippen molar-refractivity contribution in [2.24, 2.45) is 11.4 Å². The van der Waals surface area contributed by atoms with E-state index in [-0.39, 0.29) is 11.2 Å². The van der Waals surface area contributed by atoms with Crippen LogP contribution in [0.2, 0.25) is 0 Å². The highest BCUT2D eigenvalue weighted by Gasteiger charge is 2.21. The van der Waals surface area contributed by atoms with Gasteiger partial charge in [0.05, 0.1) is 5.75 Å². The van der Waals surface area contributed by atoms with Crippen molar-refractivity contribution in [3.05, 3.63) is 15.4 Å². The van der Waals surface area contributed by atoms with Crippen LogP contribution in [0.3, 0.4) is 0 Å². The van der Waals surface area contributed by atoms with E-state index in [1.54, 1.807) is 0 Å². The van der Waals surface area contributed by atoms with Crippen LogP contribution >= 0.6 is 11.3 Å². The first kappa shape index (κ1) is 16.4. The van der Waals surface area contributed by atoms with Gasteiger partial charge in [-0.05, 0) is 18.8 Å². The number of thiazole rings is 1. The number of rotatable bonds is 4. The topological polar surface area (TPSA) is 51.4 Å². The van der Waals surface area contributed by atoms with E-state index in [2.05, 4.69) is 25.2 Å². The standard InChI is InChI=1S/C13H24N2O2S2/c1-7-8-9-19(16,17)14-12-15(6)10(2)11(18-12)13(3,4)5/h7-9H2,1-6H3. The van der Waals surface area contributed by atoms with Crippen molar-refractivity contribution in [2.75, 3.05) is 5.75 Å². The minimum atomic E-state index is -3.35. The molecule has 1 aromatic rings. The highest BCUT2D eigenvalue weighted by atomic mass is 32.2. The second kappa shape index (κ2) is 5.79. The molecule has 4 nitrogen and oxygen atoms in total. The number of unbranched alkanes of at least 4 members (excludes halogenated alkanes) is 1. The average molecular weight is 304 g/mol. The molecule has 0 amide bonds. The first-order valence-electron chi connectivity index (χ1n) is 6.54. The maximum atomic E-state index is 11.9. The van der Waals surface area contributed by atoms with Crippen LogP contribution in [-0.4, -0.2) is 18.7 Å². The summed E-state index contributed by atoms with van der Waals surface area (Å²) in [6.07, 6.45) is 1.52. The van der Waals surface area contributed by atoms with Crippen molar-refractivity contribution in [1.29, 1.82) is 0 Å². The highest BCUT2D eigenvalue weighted by molar-refractivity contribution is 7.90. The van der Waals surface area contributed by atoms with Crippen LogP contribution in [0.1, 0.15) is 51.1 Å². The van der Waals surface area contributed by atoms with E-state index >= 15 is 0 Å². The summed E-state index contributed by atoms with van der Waals surface area (Å²) in [5.41, 5.74) is 1.09. The van der Waals surface area contributed by atoms with Crippen molar-refractivity contribution in [3.8, 4) is 0 Å². The maximum Gasteiger partial charge on any atom is 0.255 e. The quantitative estimate of drug-likeness (QED) is 0.859. The van der Waals surface area contributed by atoms with Crippen LogP contribution in [0.15, 0.2) is 4.40 Å². The van der Waals surface area contributed by atoms with E-state index in [9.17, 15) is 8.42 Å². The lowest BCUT2D eigenvalue weighted by molar-refractivity contribution is 0.590. The molecular weight excluding hydrogens is 280 g/mol. The number of nitrogens with zero attached hydrogens (tertiary/aromatic N) is 2. The van der Waals surface area contributed by atoms with Crippen LogP contribution in [0.5, 0.6) is 0 Å². The fourth-order valence-electron chi connectivity index (χ4n) is 1.80. The first-order valence-corrected chi connectivity index (χ1v) is 8.96. The van der Waals surface area contributed by atoms with Gasteiger partial charge in [-0.3, -0.25) is 0 Å². The maximum absolute atomic E-state index is 11.9. The fourth-order valence-corrected chi connectivity index (χ4v) is 4.44. The Bertz CT molecular complexity index is 602. The minimum Gasteiger partial charge on any atom is -0.323 e. The summed E-state index contributed by atoms with van der Waals surface area (Å²) in [6.45, 7) is 10.4. The summed E-state index contributed by atoms with van der Waals surface area (Å²) in [5, 5.41) is 0. The lowest BCUT2D eigenvalue weighted by atomic mass is 9.93. The normalized spacial score (nSPS) is 14.1. The van der Waals surface area contributed by atoms with Gasteiger partial charge in [0.1, 0.15) is 0 Å². The number of sulfonamides is 1. The molecule has 6 heteroatoms. The highest BCUT2D eigenvalue weighted by Crippen LogP contribution is 2.27. The Kier molecular flexibility index (Phi) is 5.01. The molecule has 0 radical (unpaired) electrons. The third-order valence-corrected chi connectivity index (χ3v) is 6.00. The fraction of sp³-hybridized carbons (Fsp3) is 0.769. The monoisotopic (exact) mass is 304 g/mol. The van der Waals surface area contributed by atoms with Gasteiger partial charge in [-0.2, -0.15) is 0 Å². The van der Waals surface area contributed by atoms with Crippen LogP contribution in [0.4, 0.5) is 0 Å². The Hall–Kier alpha value is -0.620. The van der Waals surface area contributed by atoms with Crippen molar-refractivity contribution in [1.82, 2.24) is 4.57 Å². The zero-order valence-electron chi connectivity index (χ0n) is 12.6. The Balaban J connectivity index is 3.30. The zero-order valence-corrected chi connectivity index (χ0v) is 14.3. The third kappa shape index (κ3) is 4.18. The molecule has 0 fully saturated rings. The summed E-state index contributed by atoms with van der Waals surface area (Å²) in [6, 6.07) is 0. The number of aromatic nitrogens is 1. The molecule has 1 aromatic heterocycles. The molecule has 0 spiro atoms. The summed E-state index contributed by atoms with van der Waals surface area (Å²) in [5.74, 6) is 0.130. The molecule has 0 aliphatic rings. The summed E-state index contributed by atoms with van der Waals surface area (Å²) in [7, 11) is -1.48. The Labute approximate surface area is 120 Å². The smallest absolute Gasteiger partial charge is 0.255 e. The van der Waals surface area contributed by atoms with Gasteiger partial charge < -0.3 is 4.57 Å². The van der Waals surface area contributed by atoms with Gasteiger partial charge in [-0.25, -0.2) is 8.42 Å². The predicted octanol–water partition coefficient (Wildman–Crippen LogP) is 2.72. The van der Waals surface area contributed by atoms with Crippen LogP contribution < -0.4 is 4.80 Å². The van der Waals surface area contributed by atoms with Crippen LogP contribution in [0, 0.1) is 6.92 Å². The Morgan fingerprint density at radius 3 is 2.32 bits per heavy atom. The molecule has 19 heavy (non-hydrogen) atoms. The lowest BCUT2D eigenvalue weighted by Crippen LogP contribution is -2.16. The summed E-state index contributed by atoms with van der Waals surface area (Å²) < 4.78 is 29.7. The van der Waals surface area contributed by atoms with E-state index in [1.165, 1.54) is 16.2 Å². The average Bonchev–Trinajstić information content (AvgIpc) is 2.54. The molecule has 1 rings (SSSR count). The minimum absolute atomic E-state index is 0.00740. The van der Waals surface area contributed by atoms with E-state index in [4.69, 9.17) is 0 Å². The molecule has 0 unspecified atom stereocenters. The third-order valence-electron chi connectivity index (χ3n) is 2.97. The second-order valence-corrected chi connectivity index (χ2v) is 8.57. The molecule has 1 heterocycles. The van der Waals surface area contributed by atoms with Gasteiger partial charge in [0.25, 0.3) is 10.0 Å². The number of hydrogen-bond donors (Lipinski definition) is 0. The van der Waals surface area contributed by atoms with Gasteiger partial charge in [0.2, 0.25) is 4.80 Å². The molecule has 110 valence electrons. The Morgan fingerprint density at radius 2 is 1.89 bits per heavy atom. The summed E-state index contributed by atoms with van der Waals surface area (Å²) >= 11 is 1.47.